The summed E-state index contributed by atoms with van der Waals surface area (Å²) in [6.45, 7) is 8.02. The molecule has 2 heterocycles. The van der Waals surface area contributed by atoms with Crippen LogP contribution in [0.2, 0.25) is 5.02 Å². The van der Waals surface area contributed by atoms with Crippen LogP contribution in [0.15, 0.2) is 53.1 Å². The first-order valence-electron chi connectivity index (χ1n) is 10.4. The molecule has 6 nitrogen and oxygen atoms in total. The van der Waals surface area contributed by atoms with Gasteiger partial charge < -0.3 is 14.2 Å². The topological polar surface area (TPSA) is 58.8 Å². The van der Waals surface area contributed by atoms with Gasteiger partial charge in [-0.3, -0.25) is 9.69 Å². The van der Waals surface area contributed by atoms with Crippen LogP contribution in [-0.2, 0) is 13.2 Å². The summed E-state index contributed by atoms with van der Waals surface area (Å²) in [5.74, 6) is 1.16. The Balaban J connectivity index is 1.37. The Kier molecular flexibility index (Phi) is 6.59. The quantitative estimate of drug-likeness (QED) is 0.566. The Morgan fingerprint density at radius 1 is 1.06 bits per heavy atom. The molecular weight excluding hydrogens is 414 g/mol. The van der Waals surface area contributed by atoms with Crippen molar-refractivity contribution in [2.24, 2.45) is 0 Å². The number of aryl methyl sites for hydroxylation is 2. The van der Waals surface area contributed by atoms with Gasteiger partial charge in [-0.1, -0.05) is 41.0 Å². The van der Waals surface area contributed by atoms with Gasteiger partial charge in [0.05, 0.1) is 5.56 Å². The summed E-state index contributed by atoms with van der Waals surface area (Å²) in [4.78, 5) is 17.3. The van der Waals surface area contributed by atoms with Crippen LogP contribution >= 0.6 is 11.6 Å². The molecular formula is C24H26ClN3O3. The molecule has 1 saturated heterocycles. The van der Waals surface area contributed by atoms with Crippen LogP contribution in [0.1, 0.15) is 32.9 Å². The predicted octanol–water partition coefficient (Wildman–Crippen LogP) is 4.48. The lowest BCUT2D eigenvalue weighted by molar-refractivity contribution is 0.0616. The number of hydrogen-bond donors (Lipinski definition) is 0. The number of hydrogen-bond acceptors (Lipinski definition) is 5. The minimum absolute atomic E-state index is 0.109. The molecule has 0 N–H and O–H groups in total. The van der Waals surface area contributed by atoms with Crippen molar-refractivity contribution >= 4 is 17.5 Å². The van der Waals surface area contributed by atoms with Crippen molar-refractivity contribution in [1.82, 2.24) is 15.0 Å². The Bertz CT molecular complexity index is 1040. The van der Waals surface area contributed by atoms with Gasteiger partial charge in [-0.25, -0.2) is 0 Å². The van der Waals surface area contributed by atoms with E-state index in [2.05, 4.69) is 41.2 Å². The summed E-state index contributed by atoms with van der Waals surface area (Å²) in [7, 11) is 0. The number of benzene rings is 2. The van der Waals surface area contributed by atoms with Crippen molar-refractivity contribution in [3.63, 3.8) is 0 Å². The second-order valence-corrected chi connectivity index (χ2v) is 8.24. The van der Waals surface area contributed by atoms with Gasteiger partial charge in [0.2, 0.25) is 0 Å². The first kappa shape index (κ1) is 21.4. The van der Waals surface area contributed by atoms with Crippen LogP contribution in [0.25, 0.3) is 0 Å². The molecule has 1 aliphatic heterocycles. The lowest BCUT2D eigenvalue weighted by atomic mass is 10.1. The fraction of sp³-hybridized carbons (Fsp3) is 0.333. The standard InChI is InChI=1S/C24H26ClN3O3/c1-17-5-3-4-6-19(17)15-27-11-13-28(14-12-27)24(29)23-22(18(2)31-26-23)16-30-21-9-7-20(25)8-10-21/h3-10H,11-16H2,1-2H3. The molecule has 3 aromatic rings. The highest BCUT2D eigenvalue weighted by Crippen LogP contribution is 2.21. The van der Waals surface area contributed by atoms with E-state index in [9.17, 15) is 4.79 Å². The van der Waals surface area contributed by atoms with Crippen molar-refractivity contribution in [1.29, 1.82) is 0 Å². The van der Waals surface area contributed by atoms with Crippen molar-refractivity contribution in [3.8, 4) is 5.75 Å². The van der Waals surface area contributed by atoms with Gasteiger partial charge in [-0.15, -0.1) is 0 Å². The first-order chi connectivity index (χ1) is 15.0. The Hall–Kier alpha value is -2.83. The molecule has 0 saturated carbocycles. The van der Waals surface area contributed by atoms with Crippen LogP contribution in [0, 0.1) is 13.8 Å². The highest BCUT2D eigenvalue weighted by molar-refractivity contribution is 6.30. The van der Waals surface area contributed by atoms with E-state index >= 15 is 0 Å². The average Bonchev–Trinajstić information content (AvgIpc) is 3.15. The van der Waals surface area contributed by atoms with E-state index in [1.807, 2.05) is 4.90 Å². The van der Waals surface area contributed by atoms with Gasteiger partial charge in [-0.05, 0) is 49.2 Å². The van der Waals surface area contributed by atoms with Crippen LogP contribution in [-0.4, -0.2) is 47.0 Å². The molecule has 162 valence electrons. The van der Waals surface area contributed by atoms with E-state index in [0.29, 0.717) is 40.9 Å². The molecule has 0 bridgehead atoms. The highest BCUT2D eigenvalue weighted by Gasteiger charge is 2.28. The summed E-state index contributed by atoms with van der Waals surface area (Å²) in [5, 5.41) is 4.68. The maximum absolute atomic E-state index is 13.1. The minimum Gasteiger partial charge on any atom is -0.489 e. The van der Waals surface area contributed by atoms with Crippen molar-refractivity contribution < 1.29 is 14.1 Å². The lowest BCUT2D eigenvalue weighted by Gasteiger charge is -2.34. The fourth-order valence-corrected chi connectivity index (χ4v) is 3.83. The minimum atomic E-state index is -0.109. The van der Waals surface area contributed by atoms with Gasteiger partial charge in [-0.2, -0.15) is 0 Å². The molecule has 7 heteroatoms. The van der Waals surface area contributed by atoms with Gasteiger partial charge in [0, 0.05) is 37.7 Å². The van der Waals surface area contributed by atoms with Crippen molar-refractivity contribution in [2.45, 2.75) is 27.0 Å². The molecule has 1 aliphatic rings. The second kappa shape index (κ2) is 9.54. The molecule has 0 spiro atoms. The molecule has 1 aromatic heterocycles. The monoisotopic (exact) mass is 439 g/mol. The molecule has 0 radical (unpaired) electrons. The second-order valence-electron chi connectivity index (χ2n) is 7.80. The number of nitrogens with zero attached hydrogens (tertiary/aromatic N) is 3. The Morgan fingerprint density at radius 2 is 1.77 bits per heavy atom. The maximum atomic E-state index is 13.1. The third kappa shape index (κ3) is 5.09. The van der Waals surface area contributed by atoms with E-state index in [0.717, 1.165) is 19.6 Å². The number of ether oxygens (including phenoxy) is 1. The van der Waals surface area contributed by atoms with E-state index in [1.54, 1.807) is 31.2 Å². The summed E-state index contributed by atoms with van der Waals surface area (Å²) >= 11 is 5.92. The maximum Gasteiger partial charge on any atom is 0.276 e. The molecule has 4 rings (SSSR count). The smallest absolute Gasteiger partial charge is 0.276 e. The number of rotatable bonds is 6. The predicted molar refractivity (Wildman–Crippen MR) is 119 cm³/mol. The number of halogens is 1. The third-order valence-electron chi connectivity index (χ3n) is 5.70. The highest BCUT2D eigenvalue weighted by atomic mass is 35.5. The van der Waals surface area contributed by atoms with Crippen LogP contribution < -0.4 is 4.74 Å². The lowest BCUT2D eigenvalue weighted by Crippen LogP contribution is -2.48. The Labute approximate surface area is 187 Å². The SMILES string of the molecule is Cc1ccccc1CN1CCN(C(=O)c2noc(C)c2COc2ccc(Cl)cc2)CC1. The molecule has 1 fully saturated rings. The van der Waals surface area contributed by atoms with Gasteiger partial charge in [0.1, 0.15) is 18.1 Å². The first-order valence-corrected chi connectivity index (χ1v) is 10.8. The summed E-state index contributed by atoms with van der Waals surface area (Å²) in [6, 6.07) is 15.5. The molecule has 1 amide bonds. The zero-order chi connectivity index (χ0) is 21.8. The molecule has 0 atom stereocenters. The summed E-state index contributed by atoms with van der Waals surface area (Å²) < 4.78 is 11.1. The van der Waals surface area contributed by atoms with Crippen LogP contribution in [0.3, 0.4) is 0 Å². The van der Waals surface area contributed by atoms with Gasteiger partial charge >= 0.3 is 0 Å². The number of piperazine rings is 1. The van der Waals surface area contributed by atoms with E-state index in [1.165, 1.54) is 11.1 Å². The van der Waals surface area contributed by atoms with E-state index in [4.69, 9.17) is 20.9 Å². The molecule has 2 aromatic carbocycles. The van der Waals surface area contributed by atoms with E-state index < -0.39 is 0 Å². The Morgan fingerprint density at radius 3 is 2.48 bits per heavy atom. The zero-order valence-corrected chi connectivity index (χ0v) is 18.6. The number of carbonyl (C=O) groups excluding carboxylic acids is 1. The van der Waals surface area contributed by atoms with Gasteiger partial charge in [0.25, 0.3) is 5.91 Å². The van der Waals surface area contributed by atoms with Crippen LogP contribution in [0.5, 0.6) is 5.75 Å². The third-order valence-corrected chi connectivity index (χ3v) is 5.95. The summed E-state index contributed by atoms with van der Waals surface area (Å²) in [6.07, 6.45) is 0. The molecule has 0 aliphatic carbocycles. The molecule has 31 heavy (non-hydrogen) atoms. The number of aromatic nitrogens is 1. The number of carbonyl (C=O) groups is 1. The molecule has 0 unspecified atom stereocenters. The average molecular weight is 440 g/mol. The fourth-order valence-electron chi connectivity index (χ4n) is 3.70. The van der Waals surface area contributed by atoms with E-state index in [-0.39, 0.29) is 12.5 Å². The van der Waals surface area contributed by atoms with Crippen molar-refractivity contribution in [3.05, 3.63) is 81.7 Å². The van der Waals surface area contributed by atoms with Crippen molar-refractivity contribution in [2.75, 3.05) is 26.2 Å². The largest absolute Gasteiger partial charge is 0.489 e. The zero-order valence-electron chi connectivity index (χ0n) is 17.8. The van der Waals surface area contributed by atoms with Crippen LogP contribution in [0.4, 0.5) is 0 Å². The number of amides is 1. The normalized spacial score (nSPS) is 14.6. The summed E-state index contributed by atoms with van der Waals surface area (Å²) in [5.41, 5.74) is 3.64. The van der Waals surface area contributed by atoms with Gasteiger partial charge in [0.15, 0.2) is 5.69 Å².